The van der Waals surface area contributed by atoms with E-state index in [1.54, 1.807) is 49.9 Å². The Labute approximate surface area is 356 Å². The zero-order valence-electron chi connectivity index (χ0n) is 34.4. The number of ether oxygens (including phenoxy) is 4. The summed E-state index contributed by atoms with van der Waals surface area (Å²) in [4.78, 5) is 45.9. The summed E-state index contributed by atoms with van der Waals surface area (Å²) in [6, 6.07) is 16.6. The molecule has 3 aromatic rings. The van der Waals surface area contributed by atoms with Crippen molar-refractivity contribution >= 4 is 52.9 Å². The molecule has 1 saturated heterocycles. The maximum atomic E-state index is 14.9. The lowest BCUT2D eigenvalue weighted by Crippen LogP contribution is -2.51. The second-order valence-corrected chi connectivity index (χ2v) is 18.2. The molecule has 58 heavy (non-hydrogen) atoms. The number of amides is 3. The normalized spacial score (nSPS) is 17.1. The molecule has 2 fully saturated rings. The van der Waals surface area contributed by atoms with E-state index in [2.05, 4.69) is 0 Å². The first-order valence-corrected chi connectivity index (χ1v) is 20.9. The number of halogens is 4. The number of hydrogen-bond acceptors (Lipinski definition) is 7. The maximum Gasteiger partial charge on any atom is 0.410 e. The molecule has 14 heteroatoms. The highest BCUT2D eigenvalue weighted by Crippen LogP contribution is 2.40. The predicted octanol–water partition coefficient (Wildman–Crippen LogP) is 10.7. The van der Waals surface area contributed by atoms with E-state index in [0.717, 1.165) is 29.5 Å². The van der Waals surface area contributed by atoms with Gasteiger partial charge in [-0.2, -0.15) is 0 Å². The summed E-state index contributed by atoms with van der Waals surface area (Å²) >= 11 is 19.4. The first-order chi connectivity index (χ1) is 27.3. The van der Waals surface area contributed by atoms with E-state index in [9.17, 15) is 18.8 Å². The second kappa shape index (κ2) is 19.4. The molecule has 3 aromatic carbocycles. The van der Waals surface area contributed by atoms with Gasteiger partial charge in [0, 0.05) is 37.2 Å². The van der Waals surface area contributed by atoms with Gasteiger partial charge in [0.15, 0.2) is 5.75 Å². The number of carbonyl (C=O) groups is 3. The molecule has 0 spiro atoms. The molecule has 2 atom stereocenters. The molecule has 10 nitrogen and oxygen atoms in total. The van der Waals surface area contributed by atoms with Gasteiger partial charge in [0.1, 0.15) is 36.8 Å². The fourth-order valence-electron chi connectivity index (χ4n) is 6.93. The molecule has 5 rings (SSSR count). The number of likely N-dealkylation sites (tertiary alicyclic amines) is 1. The Morgan fingerprint density at radius 3 is 2.05 bits per heavy atom. The monoisotopic (exact) mass is 861 g/mol. The van der Waals surface area contributed by atoms with Gasteiger partial charge in [-0.15, -0.1) is 0 Å². The molecule has 2 aliphatic rings. The van der Waals surface area contributed by atoms with E-state index >= 15 is 0 Å². The largest absolute Gasteiger partial charge is 0.490 e. The van der Waals surface area contributed by atoms with E-state index in [1.807, 2.05) is 62.9 Å². The summed E-state index contributed by atoms with van der Waals surface area (Å²) in [6.45, 7) is 13.2. The Kier molecular flexibility index (Phi) is 15.1. The van der Waals surface area contributed by atoms with Gasteiger partial charge < -0.3 is 33.6 Å². The van der Waals surface area contributed by atoms with Crippen molar-refractivity contribution in [1.82, 2.24) is 14.7 Å². The lowest BCUT2D eigenvalue weighted by molar-refractivity contribution is -0.139. The number of piperidine rings is 1. The summed E-state index contributed by atoms with van der Waals surface area (Å²) in [5, 5.41) is 1.34. The van der Waals surface area contributed by atoms with E-state index < -0.39 is 36.0 Å². The smallest absolute Gasteiger partial charge is 0.410 e. The zero-order chi connectivity index (χ0) is 42.4. The highest BCUT2D eigenvalue weighted by molar-refractivity contribution is 6.37. The third kappa shape index (κ3) is 12.8. The average molecular weight is 863 g/mol. The average Bonchev–Trinajstić information content (AvgIpc) is 3.98. The summed E-state index contributed by atoms with van der Waals surface area (Å²) < 4.78 is 36.6. The molecule has 0 bridgehead atoms. The number of nitrogens with zero attached hydrogens (tertiary/aromatic N) is 3. The Morgan fingerprint density at radius 1 is 0.810 bits per heavy atom. The quantitative estimate of drug-likeness (QED) is 0.149. The van der Waals surface area contributed by atoms with Crippen LogP contribution in [-0.2, 0) is 27.4 Å². The molecule has 0 unspecified atom stereocenters. The summed E-state index contributed by atoms with van der Waals surface area (Å²) in [5.41, 5.74) is 1.89. The van der Waals surface area contributed by atoms with Crippen molar-refractivity contribution in [1.29, 1.82) is 0 Å². The predicted molar refractivity (Wildman–Crippen MR) is 225 cm³/mol. The van der Waals surface area contributed by atoms with Crippen molar-refractivity contribution in [2.24, 2.45) is 5.92 Å². The maximum absolute atomic E-state index is 14.9. The Balaban J connectivity index is 1.33. The summed E-state index contributed by atoms with van der Waals surface area (Å²) in [6.07, 6.45) is 1.16. The number of carbonyl (C=O) groups excluding carboxylic acids is 3. The molecule has 0 aromatic heterocycles. The van der Waals surface area contributed by atoms with Gasteiger partial charge >= 0.3 is 12.2 Å². The second-order valence-electron chi connectivity index (χ2n) is 17.0. The van der Waals surface area contributed by atoms with Crippen LogP contribution in [0.5, 0.6) is 11.5 Å². The summed E-state index contributed by atoms with van der Waals surface area (Å²) in [5.74, 6) is 0.199. The fourth-order valence-corrected chi connectivity index (χ4v) is 7.82. The number of rotatable bonds is 14. The van der Waals surface area contributed by atoms with Crippen molar-refractivity contribution in [3.63, 3.8) is 0 Å². The Morgan fingerprint density at radius 2 is 1.45 bits per heavy atom. The molecular weight excluding hydrogens is 808 g/mol. The molecular formula is C44H55Cl3FN3O7. The molecule has 1 aliphatic carbocycles. The minimum Gasteiger partial charge on any atom is -0.490 e. The van der Waals surface area contributed by atoms with Crippen molar-refractivity contribution in [2.75, 3.05) is 39.5 Å². The standard InChI is InChI=1S/C44H55Cl3FN3O7/c1-28-22-37(46)39(38(47)23-28)56-21-20-55-33-13-9-30(10-14-33)34-16-18-49(41(53)57-43(2,3)4)27-35(34)40(52)51(32-11-12-32)26-31-24-29(8-15-36(31)45)25-50(19-17-48)42(54)58-44(5,6)7/h8-10,13-15,22-24,32,34-35H,11-12,16-21,25-27H2,1-7H3/t34-,35+/m1/s1. The lowest BCUT2D eigenvalue weighted by atomic mass is 9.79. The minimum atomic E-state index is -0.740. The van der Waals surface area contributed by atoms with Crippen LogP contribution in [0, 0.1) is 12.8 Å². The molecule has 316 valence electrons. The molecule has 3 amide bonds. The van der Waals surface area contributed by atoms with Crippen LogP contribution >= 0.6 is 34.8 Å². The van der Waals surface area contributed by atoms with Gasteiger partial charge in [-0.1, -0.05) is 59.1 Å². The Bertz CT molecular complexity index is 1890. The highest BCUT2D eigenvalue weighted by Gasteiger charge is 2.43. The van der Waals surface area contributed by atoms with E-state index in [1.165, 1.54) is 4.90 Å². The van der Waals surface area contributed by atoms with Crippen LogP contribution in [0.1, 0.15) is 89.0 Å². The third-order valence-corrected chi connectivity index (χ3v) is 10.7. The van der Waals surface area contributed by atoms with Crippen molar-refractivity contribution in [3.05, 3.63) is 91.9 Å². The fraction of sp³-hybridized carbons (Fsp3) is 0.523. The molecule has 1 saturated carbocycles. The lowest BCUT2D eigenvalue weighted by Gasteiger charge is -2.40. The van der Waals surface area contributed by atoms with Gasteiger partial charge in [0.2, 0.25) is 5.91 Å². The SMILES string of the molecule is Cc1cc(Cl)c(OCCOc2ccc([C@H]3CCN(C(=O)OC(C)(C)C)C[C@@H]3C(=O)N(Cc3cc(CN(CCF)C(=O)OC(C)(C)C)ccc3Cl)C3CC3)cc2)c(Cl)c1. The van der Waals surface area contributed by atoms with E-state index in [4.69, 9.17) is 53.8 Å². The number of aryl methyl sites for hydroxylation is 1. The number of hydrogen-bond donors (Lipinski definition) is 0. The number of alkyl halides is 1. The van der Waals surface area contributed by atoms with Crippen LogP contribution in [0.2, 0.25) is 15.1 Å². The van der Waals surface area contributed by atoms with E-state index in [-0.39, 0.29) is 57.3 Å². The van der Waals surface area contributed by atoms with Gasteiger partial charge in [0.25, 0.3) is 0 Å². The number of benzene rings is 3. The van der Waals surface area contributed by atoms with Gasteiger partial charge in [-0.25, -0.2) is 14.0 Å². The van der Waals surface area contributed by atoms with Crippen molar-refractivity contribution in [3.8, 4) is 11.5 Å². The van der Waals surface area contributed by atoms with Crippen molar-refractivity contribution < 1.29 is 37.7 Å². The highest BCUT2D eigenvalue weighted by atomic mass is 35.5. The van der Waals surface area contributed by atoms with Gasteiger partial charge in [-0.05, 0) is 126 Å². The molecule has 1 heterocycles. The first kappa shape index (κ1) is 45.2. The molecule has 0 radical (unpaired) electrons. The molecule has 0 N–H and O–H groups in total. The van der Waals surface area contributed by atoms with Crippen LogP contribution in [0.15, 0.2) is 54.6 Å². The van der Waals surface area contributed by atoms with Crippen LogP contribution < -0.4 is 9.47 Å². The third-order valence-electron chi connectivity index (χ3n) is 9.73. The zero-order valence-corrected chi connectivity index (χ0v) is 36.7. The van der Waals surface area contributed by atoms with Gasteiger partial charge in [-0.3, -0.25) is 4.79 Å². The van der Waals surface area contributed by atoms with E-state index in [0.29, 0.717) is 45.1 Å². The minimum absolute atomic E-state index is 0.0113. The van der Waals surface area contributed by atoms with Gasteiger partial charge in [0.05, 0.1) is 22.5 Å². The molecule has 1 aliphatic heterocycles. The van der Waals surface area contributed by atoms with Crippen LogP contribution in [0.3, 0.4) is 0 Å². The topological polar surface area (TPSA) is 97.8 Å². The summed E-state index contributed by atoms with van der Waals surface area (Å²) in [7, 11) is 0. The Hall–Kier alpha value is -3.93. The first-order valence-electron chi connectivity index (χ1n) is 19.7. The van der Waals surface area contributed by atoms with Crippen LogP contribution in [0.4, 0.5) is 14.0 Å². The van der Waals surface area contributed by atoms with Crippen molar-refractivity contribution in [2.45, 2.75) is 104 Å². The van der Waals surface area contributed by atoms with Crippen LogP contribution in [-0.4, -0.2) is 89.6 Å². The van der Waals surface area contributed by atoms with Crippen LogP contribution in [0.25, 0.3) is 0 Å².